The van der Waals surface area contributed by atoms with Crippen LogP contribution in [0.15, 0.2) is 30.3 Å². The maximum Gasteiger partial charge on any atom is 0.408 e. The number of amides is 2. The van der Waals surface area contributed by atoms with Crippen molar-refractivity contribution in [2.24, 2.45) is 5.92 Å². The van der Waals surface area contributed by atoms with Crippen molar-refractivity contribution in [3.8, 4) is 0 Å². The molecule has 0 heterocycles. The van der Waals surface area contributed by atoms with Gasteiger partial charge in [-0.25, -0.2) is 14.4 Å². The Morgan fingerprint density at radius 3 is 2.10 bits per heavy atom. The smallest absolute Gasteiger partial charge is 0.408 e. The molecule has 0 bridgehead atoms. The van der Waals surface area contributed by atoms with Crippen LogP contribution >= 0.6 is 0 Å². The van der Waals surface area contributed by atoms with Crippen molar-refractivity contribution in [1.29, 1.82) is 0 Å². The summed E-state index contributed by atoms with van der Waals surface area (Å²) in [7, 11) is 0. The molecule has 0 aliphatic rings. The largest absolute Gasteiger partial charge is 0.458 e. The summed E-state index contributed by atoms with van der Waals surface area (Å²) in [5.74, 6) is -0.751. The van der Waals surface area contributed by atoms with Gasteiger partial charge in [-0.1, -0.05) is 44.2 Å². The summed E-state index contributed by atoms with van der Waals surface area (Å²) in [6, 6.07) is 8.52. The molecule has 0 saturated heterocycles. The third-order valence-electron chi connectivity index (χ3n) is 4.18. The molecule has 8 heteroatoms. The second-order valence-electron chi connectivity index (χ2n) is 9.29. The molecule has 1 rings (SSSR count). The van der Waals surface area contributed by atoms with Crippen molar-refractivity contribution in [3.05, 3.63) is 35.9 Å². The zero-order chi connectivity index (χ0) is 23.7. The lowest BCUT2D eigenvalue weighted by atomic mass is 10.0. The SMILES string of the molecule is CC(C)[C@H](NC(=O)OC(C)(C)C)C(=O)OC(C)(C)CCNC(=O)OCc1ccccc1. The first-order valence-electron chi connectivity index (χ1n) is 10.5. The van der Waals surface area contributed by atoms with E-state index in [1.807, 2.05) is 30.3 Å². The van der Waals surface area contributed by atoms with Crippen LogP contribution in [0.3, 0.4) is 0 Å². The topological polar surface area (TPSA) is 103 Å². The van der Waals surface area contributed by atoms with Crippen molar-refractivity contribution >= 4 is 18.2 Å². The summed E-state index contributed by atoms with van der Waals surface area (Å²) in [6.07, 6.45) is -0.849. The van der Waals surface area contributed by atoms with Crippen molar-refractivity contribution in [1.82, 2.24) is 10.6 Å². The minimum Gasteiger partial charge on any atom is -0.458 e. The molecule has 1 atom stereocenters. The van der Waals surface area contributed by atoms with Crippen molar-refractivity contribution < 1.29 is 28.6 Å². The minimum atomic E-state index is -0.855. The van der Waals surface area contributed by atoms with Gasteiger partial charge < -0.3 is 24.8 Å². The molecule has 0 aliphatic carbocycles. The Kier molecular flexibility index (Phi) is 9.81. The third-order valence-corrected chi connectivity index (χ3v) is 4.18. The molecule has 0 aromatic heterocycles. The minimum absolute atomic E-state index is 0.178. The third kappa shape index (κ3) is 11.3. The Hall–Kier alpha value is -2.77. The van der Waals surface area contributed by atoms with E-state index in [4.69, 9.17) is 14.2 Å². The van der Waals surface area contributed by atoms with Crippen molar-refractivity contribution in [2.45, 2.75) is 78.7 Å². The van der Waals surface area contributed by atoms with Crippen LogP contribution in [-0.4, -0.2) is 41.9 Å². The Labute approximate surface area is 185 Å². The summed E-state index contributed by atoms with van der Waals surface area (Å²) < 4.78 is 16.0. The normalized spacial score (nSPS) is 12.6. The van der Waals surface area contributed by atoms with Gasteiger partial charge in [0.05, 0.1) is 0 Å². The fourth-order valence-electron chi connectivity index (χ4n) is 2.56. The Morgan fingerprint density at radius 2 is 1.55 bits per heavy atom. The number of ether oxygens (including phenoxy) is 3. The van der Waals surface area contributed by atoms with E-state index in [1.165, 1.54) is 0 Å². The molecule has 0 fully saturated rings. The average Bonchev–Trinajstić information content (AvgIpc) is 2.63. The van der Waals surface area contributed by atoms with Gasteiger partial charge in [0.15, 0.2) is 0 Å². The number of hydrogen-bond donors (Lipinski definition) is 2. The van der Waals surface area contributed by atoms with E-state index in [0.717, 1.165) is 5.56 Å². The first-order valence-corrected chi connectivity index (χ1v) is 10.5. The molecule has 0 aliphatic heterocycles. The van der Waals surface area contributed by atoms with Crippen LogP contribution < -0.4 is 10.6 Å². The lowest BCUT2D eigenvalue weighted by molar-refractivity contribution is -0.160. The summed E-state index contributed by atoms with van der Waals surface area (Å²) in [5, 5.41) is 5.23. The number of carbonyl (C=O) groups excluding carboxylic acids is 3. The Balaban J connectivity index is 2.47. The van der Waals surface area contributed by atoms with Gasteiger partial charge in [0.25, 0.3) is 0 Å². The number of nitrogens with one attached hydrogen (secondary N) is 2. The van der Waals surface area contributed by atoms with E-state index in [1.54, 1.807) is 48.5 Å². The summed E-state index contributed by atoms with van der Waals surface area (Å²) in [6.45, 7) is 12.8. The molecule has 2 amide bonds. The quantitative estimate of drug-likeness (QED) is 0.445. The Bertz CT molecular complexity index is 725. The van der Waals surface area contributed by atoms with Crippen LogP contribution in [-0.2, 0) is 25.6 Å². The molecule has 0 spiro atoms. The summed E-state index contributed by atoms with van der Waals surface area (Å²) in [4.78, 5) is 36.6. The van der Waals surface area contributed by atoms with Gasteiger partial charge in [0.1, 0.15) is 23.9 Å². The average molecular weight is 437 g/mol. The van der Waals surface area contributed by atoms with E-state index in [-0.39, 0.29) is 19.1 Å². The first-order chi connectivity index (χ1) is 14.3. The fourth-order valence-corrected chi connectivity index (χ4v) is 2.56. The monoisotopic (exact) mass is 436 g/mol. The summed E-state index contributed by atoms with van der Waals surface area (Å²) in [5.41, 5.74) is -0.633. The number of carbonyl (C=O) groups is 3. The highest BCUT2D eigenvalue weighted by atomic mass is 16.6. The van der Waals surface area contributed by atoms with Gasteiger partial charge in [-0.3, -0.25) is 0 Å². The van der Waals surface area contributed by atoms with E-state index in [9.17, 15) is 14.4 Å². The van der Waals surface area contributed by atoms with E-state index in [0.29, 0.717) is 6.42 Å². The lowest BCUT2D eigenvalue weighted by Gasteiger charge is -2.30. The van der Waals surface area contributed by atoms with Gasteiger partial charge in [-0.2, -0.15) is 0 Å². The van der Waals surface area contributed by atoms with Crippen LogP contribution in [0.1, 0.15) is 60.5 Å². The predicted molar refractivity (Wildman–Crippen MR) is 117 cm³/mol. The highest BCUT2D eigenvalue weighted by Gasteiger charge is 2.32. The molecule has 1 aromatic rings. The molecule has 8 nitrogen and oxygen atoms in total. The number of hydrogen-bond acceptors (Lipinski definition) is 6. The maximum absolute atomic E-state index is 12.7. The van der Waals surface area contributed by atoms with Gasteiger partial charge in [-0.05, 0) is 46.1 Å². The van der Waals surface area contributed by atoms with Crippen LogP contribution in [0, 0.1) is 5.92 Å². The van der Waals surface area contributed by atoms with Gasteiger partial charge in [0, 0.05) is 13.0 Å². The highest BCUT2D eigenvalue weighted by molar-refractivity contribution is 5.82. The summed E-state index contributed by atoms with van der Waals surface area (Å²) >= 11 is 0. The highest BCUT2D eigenvalue weighted by Crippen LogP contribution is 2.17. The molecule has 174 valence electrons. The second kappa shape index (κ2) is 11.6. The van der Waals surface area contributed by atoms with E-state index >= 15 is 0 Å². The Morgan fingerprint density at radius 1 is 0.935 bits per heavy atom. The standard InChI is InChI=1S/C23H36N2O6/c1-16(2)18(25-21(28)31-22(3,4)5)19(26)30-23(6,7)13-14-24-20(27)29-15-17-11-9-8-10-12-17/h8-12,16,18H,13-15H2,1-7H3,(H,24,27)(H,25,28)/t18-/m0/s1. The molecular formula is C23H36N2O6. The van der Waals surface area contributed by atoms with E-state index in [2.05, 4.69) is 10.6 Å². The number of esters is 1. The predicted octanol–water partition coefficient (Wildman–Crippen LogP) is 4.17. The number of alkyl carbamates (subject to hydrolysis) is 2. The van der Waals surface area contributed by atoms with Crippen LogP contribution in [0.25, 0.3) is 0 Å². The lowest BCUT2D eigenvalue weighted by Crippen LogP contribution is -2.49. The molecule has 0 unspecified atom stereocenters. The molecule has 0 radical (unpaired) electrons. The van der Waals surface area contributed by atoms with E-state index < -0.39 is 35.4 Å². The molecule has 2 N–H and O–H groups in total. The second-order valence-corrected chi connectivity index (χ2v) is 9.29. The zero-order valence-electron chi connectivity index (χ0n) is 19.6. The van der Waals surface area contributed by atoms with Crippen LogP contribution in [0.2, 0.25) is 0 Å². The number of benzene rings is 1. The van der Waals surface area contributed by atoms with Gasteiger partial charge >= 0.3 is 18.2 Å². The zero-order valence-corrected chi connectivity index (χ0v) is 19.6. The molecule has 1 aromatic carbocycles. The van der Waals surface area contributed by atoms with Crippen molar-refractivity contribution in [3.63, 3.8) is 0 Å². The molecule has 0 saturated carbocycles. The van der Waals surface area contributed by atoms with Crippen LogP contribution in [0.4, 0.5) is 9.59 Å². The number of rotatable bonds is 9. The van der Waals surface area contributed by atoms with Gasteiger partial charge in [0.2, 0.25) is 0 Å². The first kappa shape index (κ1) is 26.3. The van der Waals surface area contributed by atoms with Crippen molar-refractivity contribution in [2.75, 3.05) is 6.54 Å². The fraction of sp³-hybridized carbons (Fsp3) is 0.609. The maximum atomic E-state index is 12.7. The molecular weight excluding hydrogens is 400 g/mol. The molecule has 31 heavy (non-hydrogen) atoms. The van der Waals surface area contributed by atoms with Gasteiger partial charge in [-0.15, -0.1) is 0 Å². The van der Waals surface area contributed by atoms with Crippen LogP contribution in [0.5, 0.6) is 0 Å².